The number of thiophene rings is 1. The van der Waals surface area contributed by atoms with Gasteiger partial charge in [0, 0.05) is 5.56 Å². The van der Waals surface area contributed by atoms with E-state index in [1.165, 1.54) is 0 Å². The Morgan fingerprint density at radius 2 is 1.82 bits per heavy atom. The first-order valence-corrected chi connectivity index (χ1v) is 7.73. The van der Waals surface area contributed by atoms with E-state index < -0.39 is 0 Å². The van der Waals surface area contributed by atoms with E-state index in [1.54, 1.807) is 35.6 Å². The highest BCUT2D eigenvalue weighted by Gasteiger charge is 2.09. The SMILES string of the molecule is [CH2]c1ccc(C(=O)Nc2cc(-c3ccsc3)ccc2N)cc1. The van der Waals surface area contributed by atoms with Crippen molar-refractivity contribution < 1.29 is 4.79 Å². The van der Waals surface area contributed by atoms with Crippen LogP contribution in [0.1, 0.15) is 15.9 Å². The minimum atomic E-state index is -0.186. The van der Waals surface area contributed by atoms with E-state index in [2.05, 4.69) is 17.6 Å². The lowest BCUT2D eigenvalue weighted by Gasteiger charge is -2.10. The molecule has 0 fully saturated rings. The summed E-state index contributed by atoms with van der Waals surface area (Å²) in [4.78, 5) is 12.3. The monoisotopic (exact) mass is 307 g/mol. The Bertz CT molecular complexity index is 792. The Kier molecular flexibility index (Phi) is 3.94. The standard InChI is InChI=1S/C18H15N2OS/c1-12-2-4-13(5-3-12)18(21)20-17-10-14(6-7-16(17)19)15-8-9-22-11-15/h2-11H,1,19H2,(H,20,21). The molecule has 3 aromatic rings. The Hall–Kier alpha value is -2.59. The Morgan fingerprint density at radius 1 is 1.05 bits per heavy atom. The zero-order valence-corrected chi connectivity index (χ0v) is 12.7. The molecule has 4 heteroatoms. The first-order chi connectivity index (χ1) is 10.6. The van der Waals surface area contributed by atoms with Crippen molar-refractivity contribution in [3.05, 3.63) is 77.3 Å². The van der Waals surface area contributed by atoms with Crippen molar-refractivity contribution in [2.24, 2.45) is 0 Å². The lowest BCUT2D eigenvalue weighted by molar-refractivity contribution is 0.102. The van der Waals surface area contributed by atoms with Crippen molar-refractivity contribution in [3.8, 4) is 11.1 Å². The second-order valence-corrected chi connectivity index (χ2v) is 5.75. The molecule has 0 aliphatic carbocycles. The fourth-order valence-electron chi connectivity index (χ4n) is 2.12. The van der Waals surface area contributed by atoms with Crippen LogP contribution in [0.4, 0.5) is 11.4 Å². The van der Waals surface area contributed by atoms with Crippen LogP contribution in [0, 0.1) is 6.92 Å². The first kappa shape index (κ1) is 14.4. The Morgan fingerprint density at radius 3 is 2.50 bits per heavy atom. The lowest BCUT2D eigenvalue weighted by atomic mass is 10.1. The highest BCUT2D eigenvalue weighted by Crippen LogP contribution is 2.28. The molecule has 0 unspecified atom stereocenters. The molecule has 0 atom stereocenters. The molecule has 1 radical (unpaired) electrons. The predicted octanol–water partition coefficient (Wildman–Crippen LogP) is 4.43. The first-order valence-electron chi connectivity index (χ1n) is 6.79. The van der Waals surface area contributed by atoms with Gasteiger partial charge in [-0.05, 0) is 64.7 Å². The molecular weight excluding hydrogens is 292 g/mol. The van der Waals surface area contributed by atoms with E-state index in [1.807, 2.05) is 29.6 Å². The summed E-state index contributed by atoms with van der Waals surface area (Å²) in [5, 5.41) is 6.95. The van der Waals surface area contributed by atoms with E-state index >= 15 is 0 Å². The van der Waals surface area contributed by atoms with E-state index in [4.69, 9.17) is 5.73 Å². The van der Waals surface area contributed by atoms with Gasteiger partial charge in [0.05, 0.1) is 11.4 Å². The summed E-state index contributed by atoms with van der Waals surface area (Å²) in [7, 11) is 0. The smallest absolute Gasteiger partial charge is 0.255 e. The molecule has 0 bridgehead atoms. The van der Waals surface area contributed by atoms with Crippen LogP contribution in [-0.2, 0) is 0 Å². The lowest BCUT2D eigenvalue weighted by Crippen LogP contribution is -2.13. The van der Waals surface area contributed by atoms with Crippen molar-refractivity contribution in [2.45, 2.75) is 0 Å². The van der Waals surface area contributed by atoms with Gasteiger partial charge in [-0.15, -0.1) is 0 Å². The summed E-state index contributed by atoms with van der Waals surface area (Å²) in [6.07, 6.45) is 0. The minimum Gasteiger partial charge on any atom is -0.397 e. The van der Waals surface area contributed by atoms with Crippen LogP contribution in [-0.4, -0.2) is 5.91 Å². The van der Waals surface area contributed by atoms with Crippen LogP contribution in [0.2, 0.25) is 0 Å². The molecule has 3 N–H and O–H groups in total. The van der Waals surface area contributed by atoms with Gasteiger partial charge in [-0.25, -0.2) is 0 Å². The average molecular weight is 307 g/mol. The number of nitrogens with one attached hydrogen (secondary N) is 1. The molecule has 109 valence electrons. The molecule has 3 rings (SSSR count). The number of carbonyl (C=O) groups is 1. The van der Waals surface area contributed by atoms with Crippen LogP contribution in [0.25, 0.3) is 11.1 Å². The molecule has 3 nitrogen and oxygen atoms in total. The third kappa shape index (κ3) is 3.02. The average Bonchev–Trinajstić information content (AvgIpc) is 3.04. The molecule has 2 aromatic carbocycles. The fourth-order valence-corrected chi connectivity index (χ4v) is 2.79. The van der Waals surface area contributed by atoms with Crippen molar-refractivity contribution in [1.29, 1.82) is 0 Å². The van der Waals surface area contributed by atoms with Crippen molar-refractivity contribution in [3.63, 3.8) is 0 Å². The van der Waals surface area contributed by atoms with Gasteiger partial charge in [0.15, 0.2) is 0 Å². The summed E-state index contributed by atoms with van der Waals surface area (Å²) < 4.78 is 0. The molecule has 0 saturated heterocycles. The number of nitrogens with two attached hydrogens (primary N) is 1. The number of hydrogen-bond donors (Lipinski definition) is 2. The van der Waals surface area contributed by atoms with Gasteiger partial charge in [0.1, 0.15) is 0 Å². The number of benzene rings is 2. The number of anilines is 2. The zero-order valence-electron chi connectivity index (χ0n) is 11.9. The summed E-state index contributed by atoms with van der Waals surface area (Å²) >= 11 is 1.63. The molecule has 0 aliphatic heterocycles. The second kappa shape index (κ2) is 6.03. The number of nitrogen functional groups attached to an aromatic ring is 1. The number of hydrogen-bond acceptors (Lipinski definition) is 3. The number of amides is 1. The Labute approximate surface area is 133 Å². The maximum absolute atomic E-state index is 12.3. The van der Waals surface area contributed by atoms with Gasteiger partial charge in [0.25, 0.3) is 5.91 Å². The van der Waals surface area contributed by atoms with E-state index in [9.17, 15) is 4.79 Å². The highest BCUT2D eigenvalue weighted by molar-refractivity contribution is 7.08. The summed E-state index contributed by atoms with van der Waals surface area (Å²) in [6, 6.07) is 14.8. The molecular formula is C18H15N2OS. The normalized spacial score (nSPS) is 10.4. The highest BCUT2D eigenvalue weighted by atomic mass is 32.1. The Balaban J connectivity index is 1.87. The van der Waals surface area contributed by atoms with Crippen LogP contribution in [0.3, 0.4) is 0 Å². The number of rotatable bonds is 3. The van der Waals surface area contributed by atoms with Gasteiger partial charge in [-0.1, -0.05) is 18.2 Å². The molecule has 1 aromatic heterocycles. The van der Waals surface area contributed by atoms with E-state index in [0.29, 0.717) is 16.9 Å². The molecule has 0 spiro atoms. The minimum absolute atomic E-state index is 0.186. The maximum Gasteiger partial charge on any atom is 0.255 e. The fraction of sp³-hybridized carbons (Fsp3) is 0. The van der Waals surface area contributed by atoms with Crippen molar-refractivity contribution in [2.75, 3.05) is 11.1 Å². The van der Waals surface area contributed by atoms with Crippen molar-refractivity contribution >= 4 is 28.6 Å². The molecule has 0 saturated carbocycles. The predicted molar refractivity (Wildman–Crippen MR) is 93.0 cm³/mol. The molecule has 22 heavy (non-hydrogen) atoms. The van der Waals surface area contributed by atoms with Gasteiger partial charge >= 0.3 is 0 Å². The van der Waals surface area contributed by atoms with Gasteiger partial charge in [0.2, 0.25) is 0 Å². The van der Waals surface area contributed by atoms with Crippen molar-refractivity contribution in [1.82, 2.24) is 0 Å². The van der Waals surface area contributed by atoms with E-state index in [-0.39, 0.29) is 5.91 Å². The topological polar surface area (TPSA) is 55.1 Å². The summed E-state index contributed by atoms with van der Waals surface area (Å²) in [5.74, 6) is -0.186. The molecule has 1 amide bonds. The third-order valence-electron chi connectivity index (χ3n) is 3.37. The second-order valence-electron chi connectivity index (χ2n) is 4.97. The van der Waals surface area contributed by atoms with Crippen LogP contribution in [0.5, 0.6) is 0 Å². The van der Waals surface area contributed by atoms with Gasteiger partial charge in [-0.2, -0.15) is 11.3 Å². The van der Waals surface area contributed by atoms with Crippen LogP contribution < -0.4 is 11.1 Å². The zero-order chi connectivity index (χ0) is 15.5. The molecule has 1 heterocycles. The summed E-state index contributed by atoms with van der Waals surface area (Å²) in [5.41, 5.74) is 10.7. The van der Waals surface area contributed by atoms with Gasteiger partial charge in [-0.3, -0.25) is 4.79 Å². The largest absolute Gasteiger partial charge is 0.397 e. The summed E-state index contributed by atoms with van der Waals surface area (Å²) in [6.45, 7) is 3.81. The van der Waals surface area contributed by atoms with Gasteiger partial charge < -0.3 is 11.1 Å². The number of carbonyl (C=O) groups excluding carboxylic acids is 1. The van der Waals surface area contributed by atoms with Crippen LogP contribution >= 0.6 is 11.3 Å². The van der Waals surface area contributed by atoms with Crippen LogP contribution in [0.15, 0.2) is 59.3 Å². The molecule has 0 aliphatic rings. The maximum atomic E-state index is 12.3. The quantitative estimate of drug-likeness (QED) is 0.703. The van der Waals surface area contributed by atoms with E-state index in [0.717, 1.165) is 16.7 Å². The third-order valence-corrected chi connectivity index (χ3v) is 4.06.